The van der Waals surface area contributed by atoms with Crippen LogP contribution in [0.3, 0.4) is 0 Å². The van der Waals surface area contributed by atoms with Crippen molar-refractivity contribution < 1.29 is 4.79 Å². The van der Waals surface area contributed by atoms with Gasteiger partial charge in [-0.25, -0.2) is 0 Å². The van der Waals surface area contributed by atoms with Crippen molar-refractivity contribution in [3.63, 3.8) is 0 Å². The molecular weight excluding hydrogens is 356 g/mol. The molecule has 0 saturated carbocycles. The molecule has 1 aliphatic rings. The molecule has 28 heavy (non-hydrogen) atoms. The highest BCUT2D eigenvalue weighted by Gasteiger charge is 2.27. The molecule has 1 saturated heterocycles. The largest absolute Gasteiger partial charge is 0.357 e. The fraction of sp³-hybridized carbons (Fsp3) is 0.579. The normalized spacial score (nSPS) is 15.5. The monoisotopic (exact) mass is 386 g/mol. The Hall–Kier alpha value is -2.84. The van der Waals surface area contributed by atoms with Gasteiger partial charge in [0.05, 0.1) is 17.6 Å². The number of amides is 1. The molecule has 1 amide bonds. The standard InChI is InChI=1S/C19H30N8O/c1-6-20-19(21-8-7-17-14(2)23-25(5)15(17)3)26-9-10-27(18(28)13-26)16-11-22-24(4)12-16/h11-12H,6-10,13H2,1-5H3,(H,20,21). The van der Waals surface area contributed by atoms with E-state index in [1.165, 1.54) is 11.3 Å². The van der Waals surface area contributed by atoms with Crippen LogP contribution in [0.5, 0.6) is 0 Å². The summed E-state index contributed by atoms with van der Waals surface area (Å²) in [5.41, 5.74) is 4.33. The second kappa shape index (κ2) is 8.45. The van der Waals surface area contributed by atoms with Crippen molar-refractivity contribution in [1.29, 1.82) is 0 Å². The van der Waals surface area contributed by atoms with Crippen molar-refractivity contribution >= 4 is 17.6 Å². The number of aliphatic imine (C=N–C) groups is 1. The molecule has 1 fully saturated rings. The molecule has 0 bridgehead atoms. The number of aryl methyl sites for hydroxylation is 3. The third kappa shape index (κ3) is 4.18. The third-order valence-electron chi connectivity index (χ3n) is 5.14. The van der Waals surface area contributed by atoms with Crippen LogP contribution >= 0.6 is 0 Å². The van der Waals surface area contributed by atoms with Crippen molar-refractivity contribution in [1.82, 2.24) is 29.8 Å². The number of aromatic nitrogens is 4. The SMILES string of the molecule is CCNC(=NCCc1c(C)nn(C)c1C)N1CCN(c2cnn(C)c2)C(=O)C1. The van der Waals surface area contributed by atoms with Crippen LogP contribution < -0.4 is 10.2 Å². The van der Waals surface area contributed by atoms with E-state index in [4.69, 9.17) is 4.99 Å². The molecule has 0 atom stereocenters. The van der Waals surface area contributed by atoms with Gasteiger partial charge in [0.2, 0.25) is 5.91 Å². The number of hydrogen-bond donors (Lipinski definition) is 1. The van der Waals surface area contributed by atoms with Crippen LogP contribution in [0.2, 0.25) is 0 Å². The van der Waals surface area contributed by atoms with Crippen molar-refractivity contribution in [3.8, 4) is 0 Å². The van der Waals surface area contributed by atoms with Crippen molar-refractivity contribution in [2.24, 2.45) is 19.1 Å². The highest BCUT2D eigenvalue weighted by molar-refractivity contribution is 5.98. The maximum Gasteiger partial charge on any atom is 0.246 e. The van der Waals surface area contributed by atoms with Gasteiger partial charge in [-0.3, -0.25) is 19.2 Å². The number of guanidine groups is 1. The number of hydrogen-bond acceptors (Lipinski definition) is 4. The Labute approximate surface area is 166 Å². The quantitative estimate of drug-likeness (QED) is 0.602. The van der Waals surface area contributed by atoms with Gasteiger partial charge in [-0.05, 0) is 32.8 Å². The van der Waals surface area contributed by atoms with Crippen molar-refractivity contribution in [2.75, 3.05) is 37.6 Å². The first-order chi connectivity index (χ1) is 13.4. The zero-order valence-corrected chi connectivity index (χ0v) is 17.4. The van der Waals surface area contributed by atoms with Crippen LogP contribution in [0.1, 0.15) is 23.9 Å². The summed E-state index contributed by atoms with van der Waals surface area (Å²) >= 11 is 0. The second-order valence-electron chi connectivity index (χ2n) is 7.10. The smallest absolute Gasteiger partial charge is 0.246 e. The van der Waals surface area contributed by atoms with E-state index in [-0.39, 0.29) is 5.91 Å². The summed E-state index contributed by atoms with van der Waals surface area (Å²) in [5.74, 6) is 0.852. The Morgan fingerprint density at radius 1 is 1.29 bits per heavy atom. The van der Waals surface area contributed by atoms with Gasteiger partial charge in [0.15, 0.2) is 5.96 Å². The second-order valence-corrected chi connectivity index (χ2v) is 7.10. The van der Waals surface area contributed by atoms with Crippen molar-refractivity contribution in [3.05, 3.63) is 29.3 Å². The van der Waals surface area contributed by atoms with E-state index >= 15 is 0 Å². The lowest BCUT2D eigenvalue weighted by Crippen LogP contribution is -2.55. The zero-order valence-electron chi connectivity index (χ0n) is 17.4. The number of rotatable bonds is 5. The summed E-state index contributed by atoms with van der Waals surface area (Å²) in [6, 6.07) is 0. The summed E-state index contributed by atoms with van der Waals surface area (Å²) in [7, 11) is 3.82. The van der Waals surface area contributed by atoms with Crippen LogP contribution in [-0.4, -0.2) is 69.1 Å². The third-order valence-corrected chi connectivity index (χ3v) is 5.14. The Bertz CT molecular complexity index is 865. The molecule has 152 valence electrons. The van der Waals surface area contributed by atoms with Crippen LogP contribution in [0.4, 0.5) is 5.69 Å². The van der Waals surface area contributed by atoms with E-state index < -0.39 is 0 Å². The van der Waals surface area contributed by atoms with Gasteiger partial charge >= 0.3 is 0 Å². The number of carbonyl (C=O) groups excluding carboxylic acids is 1. The lowest BCUT2D eigenvalue weighted by Gasteiger charge is -2.35. The van der Waals surface area contributed by atoms with Gasteiger partial charge in [0, 0.05) is 52.2 Å². The van der Waals surface area contributed by atoms with E-state index in [0.717, 1.165) is 36.9 Å². The molecule has 3 rings (SSSR count). The summed E-state index contributed by atoms with van der Waals surface area (Å²) < 4.78 is 3.62. The molecule has 0 aromatic carbocycles. The molecule has 2 aromatic heterocycles. The molecule has 0 unspecified atom stereocenters. The Morgan fingerprint density at radius 3 is 2.64 bits per heavy atom. The molecule has 0 aliphatic carbocycles. The van der Waals surface area contributed by atoms with E-state index in [2.05, 4.69) is 22.4 Å². The number of anilines is 1. The van der Waals surface area contributed by atoms with Crippen LogP contribution in [-0.2, 0) is 25.3 Å². The molecule has 1 aliphatic heterocycles. The lowest BCUT2D eigenvalue weighted by atomic mass is 10.1. The lowest BCUT2D eigenvalue weighted by molar-refractivity contribution is -0.120. The Morgan fingerprint density at radius 2 is 2.07 bits per heavy atom. The minimum absolute atomic E-state index is 0.0591. The summed E-state index contributed by atoms with van der Waals surface area (Å²) in [4.78, 5) is 21.2. The van der Waals surface area contributed by atoms with E-state index in [0.29, 0.717) is 19.6 Å². The number of nitrogens with zero attached hydrogens (tertiary/aromatic N) is 7. The number of nitrogens with one attached hydrogen (secondary N) is 1. The predicted molar refractivity (Wildman–Crippen MR) is 109 cm³/mol. The fourth-order valence-corrected chi connectivity index (χ4v) is 3.55. The van der Waals surface area contributed by atoms with E-state index in [1.54, 1.807) is 15.8 Å². The molecule has 9 nitrogen and oxygen atoms in total. The first kappa shape index (κ1) is 19.9. The van der Waals surface area contributed by atoms with E-state index in [9.17, 15) is 4.79 Å². The molecule has 3 heterocycles. The average molecular weight is 387 g/mol. The molecular formula is C19H30N8O. The maximum atomic E-state index is 12.7. The number of carbonyl (C=O) groups is 1. The average Bonchev–Trinajstić information content (AvgIpc) is 3.18. The van der Waals surface area contributed by atoms with Crippen LogP contribution in [0, 0.1) is 13.8 Å². The van der Waals surface area contributed by atoms with Crippen LogP contribution in [0.25, 0.3) is 0 Å². The van der Waals surface area contributed by atoms with Gasteiger partial charge in [-0.2, -0.15) is 10.2 Å². The van der Waals surface area contributed by atoms with E-state index in [1.807, 2.05) is 43.7 Å². The predicted octanol–water partition coefficient (Wildman–Crippen LogP) is 0.627. The maximum absolute atomic E-state index is 12.7. The first-order valence-corrected chi connectivity index (χ1v) is 9.72. The number of piperazine rings is 1. The topological polar surface area (TPSA) is 83.6 Å². The van der Waals surface area contributed by atoms with Gasteiger partial charge in [-0.1, -0.05) is 0 Å². The molecule has 1 N–H and O–H groups in total. The minimum atomic E-state index is 0.0591. The van der Waals surface area contributed by atoms with Gasteiger partial charge in [-0.15, -0.1) is 0 Å². The van der Waals surface area contributed by atoms with Gasteiger partial charge < -0.3 is 15.1 Å². The Balaban J connectivity index is 1.65. The highest BCUT2D eigenvalue weighted by atomic mass is 16.2. The zero-order chi connectivity index (χ0) is 20.3. The Kier molecular flexibility index (Phi) is 6.01. The van der Waals surface area contributed by atoms with Crippen molar-refractivity contribution in [2.45, 2.75) is 27.2 Å². The van der Waals surface area contributed by atoms with Crippen LogP contribution in [0.15, 0.2) is 17.4 Å². The first-order valence-electron chi connectivity index (χ1n) is 9.72. The summed E-state index contributed by atoms with van der Waals surface area (Å²) in [6.45, 7) is 9.25. The minimum Gasteiger partial charge on any atom is -0.357 e. The molecule has 9 heteroatoms. The summed E-state index contributed by atoms with van der Waals surface area (Å²) in [5, 5.41) is 11.9. The van der Waals surface area contributed by atoms with Gasteiger partial charge in [0.25, 0.3) is 0 Å². The molecule has 2 aromatic rings. The fourth-order valence-electron chi connectivity index (χ4n) is 3.55. The van der Waals surface area contributed by atoms with Gasteiger partial charge in [0.1, 0.15) is 6.54 Å². The molecule has 0 radical (unpaired) electrons. The highest BCUT2D eigenvalue weighted by Crippen LogP contribution is 2.16. The molecule has 0 spiro atoms. The summed E-state index contributed by atoms with van der Waals surface area (Å²) in [6.07, 6.45) is 4.43.